The molecule has 0 atom stereocenters. The second kappa shape index (κ2) is 7.92. The van der Waals surface area contributed by atoms with Crippen molar-refractivity contribution in [2.45, 2.75) is 20.4 Å². The van der Waals surface area contributed by atoms with E-state index in [9.17, 15) is 9.59 Å². The number of nitrogens with one attached hydrogen (secondary N) is 1. The fraction of sp³-hybridized carbons (Fsp3) is 0.333. The van der Waals surface area contributed by atoms with Crippen LogP contribution in [-0.4, -0.2) is 40.1 Å². The predicted molar refractivity (Wildman–Crippen MR) is 82.2 cm³/mol. The van der Waals surface area contributed by atoms with Crippen molar-refractivity contribution in [2.75, 3.05) is 18.5 Å². The van der Waals surface area contributed by atoms with Crippen LogP contribution in [0.15, 0.2) is 30.5 Å². The van der Waals surface area contributed by atoms with Gasteiger partial charge in [0.1, 0.15) is 12.3 Å². The van der Waals surface area contributed by atoms with E-state index in [1.165, 1.54) is 10.9 Å². The number of hydrogen-bond acceptors (Lipinski definition) is 6. The first-order valence-corrected chi connectivity index (χ1v) is 7.22. The van der Waals surface area contributed by atoms with Gasteiger partial charge in [0.15, 0.2) is 5.82 Å². The predicted octanol–water partition coefficient (Wildman–Crippen LogP) is 1.49. The Morgan fingerprint density at radius 3 is 2.57 bits per heavy atom. The van der Waals surface area contributed by atoms with Crippen LogP contribution in [0.4, 0.5) is 5.82 Å². The van der Waals surface area contributed by atoms with E-state index in [0.29, 0.717) is 24.5 Å². The van der Waals surface area contributed by atoms with E-state index >= 15 is 0 Å². The number of esters is 1. The fourth-order valence-corrected chi connectivity index (χ4v) is 1.83. The van der Waals surface area contributed by atoms with Crippen molar-refractivity contribution >= 4 is 17.7 Å². The van der Waals surface area contributed by atoms with E-state index in [1.54, 1.807) is 31.2 Å². The summed E-state index contributed by atoms with van der Waals surface area (Å²) in [6, 6.07) is 6.75. The Bertz CT molecular complexity index is 666. The van der Waals surface area contributed by atoms with Crippen LogP contribution in [0.3, 0.4) is 0 Å². The molecule has 0 aliphatic carbocycles. The van der Waals surface area contributed by atoms with Gasteiger partial charge in [0.2, 0.25) is 0 Å². The molecule has 2 rings (SSSR count). The first kappa shape index (κ1) is 16.5. The lowest BCUT2D eigenvalue weighted by Crippen LogP contribution is -2.14. The number of ether oxygens (including phenoxy) is 2. The molecule has 0 aliphatic rings. The number of hydrogen-bond donors (Lipinski definition) is 1. The van der Waals surface area contributed by atoms with E-state index < -0.39 is 5.97 Å². The van der Waals surface area contributed by atoms with Gasteiger partial charge in [-0.2, -0.15) is 0 Å². The van der Waals surface area contributed by atoms with Crippen LogP contribution >= 0.6 is 0 Å². The van der Waals surface area contributed by atoms with Crippen LogP contribution in [0, 0.1) is 0 Å². The van der Waals surface area contributed by atoms with Gasteiger partial charge in [-0.15, -0.1) is 5.10 Å². The Hall–Kier alpha value is -2.90. The maximum absolute atomic E-state index is 12.1. The third kappa shape index (κ3) is 4.80. The molecule has 8 nitrogen and oxygen atoms in total. The van der Waals surface area contributed by atoms with Gasteiger partial charge in [-0.05, 0) is 38.1 Å². The van der Waals surface area contributed by atoms with Crippen molar-refractivity contribution in [1.82, 2.24) is 15.0 Å². The third-order valence-corrected chi connectivity index (χ3v) is 2.80. The van der Waals surface area contributed by atoms with Gasteiger partial charge in [0, 0.05) is 5.56 Å². The number of amides is 1. The quantitative estimate of drug-likeness (QED) is 0.777. The molecule has 1 N–H and O–H groups in total. The van der Waals surface area contributed by atoms with E-state index in [-0.39, 0.29) is 18.3 Å². The van der Waals surface area contributed by atoms with E-state index in [1.807, 2.05) is 6.92 Å². The van der Waals surface area contributed by atoms with Gasteiger partial charge in [0.25, 0.3) is 5.91 Å². The summed E-state index contributed by atoms with van der Waals surface area (Å²) in [5, 5.41) is 10.2. The average molecular weight is 318 g/mol. The summed E-state index contributed by atoms with van der Waals surface area (Å²) in [7, 11) is 0. The molecular weight excluding hydrogens is 300 g/mol. The molecule has 0 spiro atoms. The monoisotopic (exact) mass is 318 g/mol. The molecule has 2 aromatic rings. The zero-order valence-corrected chi connectivity index (χ0v) is 13.0. The summed E-state index contributed by atoms with van der Waals surface area (Å²) in [5.74, 6) is 0.218. The van der Waals surface area contributed by atoms with Crippen LogP contribution in [0.2, 0.25) is 0 Å². The maximum atomic E-state index is 12.1. The van der Waals surface area contributed by atoms with E-state index in [0.717, 1.165) is 0 Å². The number of carbonyl (C=O) groups is 2. The minimum Gasteiger partial charge on any atom is -0.494 e. The zero-order valence-electron chi connectivity index (χ0n) is 13.0. The maximum Gasteiger partial charge on any atom is 0.327 e. The molecule has 1 aromatic carbocycles. The molecule has 0 radical (unpaired) electrons. The van der Waals surface area contributed by atoms with E-state index in [2.05, 4.69) is 15.6 Å². The van der Waals surface area contributed by atoms with Crippen LogP contribution in [0.25, 0.3) is 0 Å². The number of anilines is 1. The molecule has 8 heteroatoms. The largest absolute Gasteiger partial charge is 0.494 e. The van der Waals surface area contributed by atoms with Gasteiger partial charge >= 0.3 is 5.97 Å². The normalized spacial score (nSPS) is 10.2. The van der Waals surface area contributed by atoms with Gasteiger partial charge in [0.05, 0.1) is 19.4 Å². The SMILES string of the molecule is CCOC(=O)Cn1cc(NC(=O)c2ccc(OCC)cc2)nn1. The highest BCUT2D eigenvalue weighted by molar-refractivity contribution is 6.03. The second-order valence-electron chi connectivity index (χ2n) is 4.52. The second-order valence-corrected chi connectivity index (χ2v) is 4.52. The molecule has 0 fully saturated rings. The molecular formula is C15H18N4O4. The van der Waals surface area contributed by atoms with Crippen molar-refractivity contribution in [3.05, 3.63) is 36.0 Å². The van der Waals surface area contributed by atoms with Gasteiger partial charge in [-0.25, -0.2) is 4.68 Å². The Kier molecular flexibility index (Phi) is 5.67. The van der Waals surface area contributed by atoms with Crippen LogP contribution < -0.4 is 10.1 Å². The van der Waals surface area contributed by atoms with Gasteiger partial charge in [-0.1, -0.05) is 5.21 Å². The number of rotatable bonds is 7. The van der Waals surface area contributed by atoms with Crippen LogP contribution in [0.1, 0.15) is 24.2 Å². The lowest BCUT2D eigenvalue weighted by atomic mass is 10.2. The summed E-state index contributed by atoms with van der Waals surface area (Å²) in [6.07, 6.45) is 1.46. The van der Waals surface area contributed by atoms with Crippen LogP contribution in [-0.2, 0) is 16.1 Å². The van der Waals surface area contributed by atoms with E-state index in [4.69, 9.17) is 9.47 Å². The van der Waals surface area contributed by atoms with Gasteiger partial charge < -0.3 is 14.8 Å². The number of aromatic nitrogens is 3. The number of benzene rings is 1. The molecule has 1 heterocycles. The Morgan fingerprint density at radius 1 is 1.17 bits per heavy atom. The van der Waals surface area contributed by atoms with Crippen molar-refractivity contribution in [3.8, 4) is 5.75 Å². The molecule has 0 saturated carbocycles. The van der Waals surface area contributed by atoms with Crippen molar-refractivity contribution in [2.24, 2.45) is 0 Å². The summed E-state index contributed by atoms with van der Waals surface area (Å²) < 4.78 is 11.4. The molecule has 0 saturated heterocycles. The topological polar surface area (TPSA) is 95.3 Å². The smallest absolute Gasteiger partial charge is 0.327 e. The highest BCUT2D eigenvalue weighted by Gasteiger charge is 2.10. The Labute approximate surface area is 133 Å². The van der Waals surface area contributed by atoms with Crippen molar-refractivity contribution in [1.29, 1.82) is 0 Å². The average Bonchev–Trinajstić information content (AvgIpc) is 2.95. The number of carbonyl (C=O) groups excluding carboxylic acids is 2. The minimum atomic E-state index is -0.415. The standard InChI is InChI=1S/C15H18N4O4/c1-3-22-12-7-5-11(6-8-12)15(21)16-13-9-19(18-17-13)10-14(20)23-4-2/h5-9H,3-4,10H2,1-2H3,(H,16,21). The van der Waals surface area contributed by atoms with Gasteiger partial charge in [-0.3, -0.25) is 9.59 Å². The summed E-state index contributed by atoms with van der Waals surface area (Å²) in [4.78, 5) is 23.4. The highest BCUT2D eigenvalue weighted by atomic mass is 16.5. The fourth-order valence-electron chi connectivity index (χ4n) is 1.83. The van der Waals surface area contributed by atoms with Crippen molar-refractivity contribution in [3.63, 3.8) is 0 Å². The third-order valence-electron chi connectivity index (χ3n) is 2.80. The summed E-state index contributed by atoms with van der Waals surface area (Å²) >= 11 is 0. The lowest BCUT2D eigenvalue weighted by molar-refractivity contribution is -0.144. The Morgan fingerprint density at radius 2 is 1.91 bits per heavy atom. The molecule has 1 aromatic heterocycles. The molecule has 1 amide bonds. The lowest BCUT2D eigenvalue weighted by Gasteiger charge is -2.04. The van der Waals surface area contributed by atoms with Crippen LogP contribution in [0.5, 0.6) is 5.75 Å². The molecule has 122 valence electrons. The molecule has 0 unspecified atom stereocenters. The molecule has 0 aliphatic heterocycles. The minimum absolute atomic E-state index is 0.0558. The summed E-state index contributed by atoms with van der Waals surface area (Å²) in [5.41, 5.74) is 0.466. The molecule has 23 heavy (non-hydrogen) atoms. The zero-order chi connectivity index (χ0) is 16.7. The highest BCUT2D eigenvalue weighted by Crippen LogP contribution is 2.13. The molecule has 0 bridgehead atoms. The Balaban J connectivity index is 1.95. The first-order valence-electron chi connectivity index (χ1n) is 7.22. The summed E-state index contributed by atoms with van der Waals surface area (Å²) in [6.45, 7) is 4.42. The van der Waals surface area contributed by atoms with Crippen molar-refractivity contribution < 1.29 is 19.1 Å². The first-order chi connectivity index (χ1) is 11.1. The number of nitrogens with zero attached hydrogens (tertiary/aromatic N) is 3.